The molecule has 0 aliphatic carbocycles. The molecule has 2 heterocycles. The van der Waals surface area contributed by atoms with Gasteiger partial charge in [0.1, 0.15) is 28.9 Å². The van der Waals surface area contributed by atoms with Crippen LogP contribution in [0.4, 0.5) is 9.39 Å². The van der Waals surface area contributed by atoms with Gasteiger partial charge in [0.2, 0.25) is 5.91 Å². The number of halogens is 1. The standard InChI is InChI=1S/C19H15FN2O2S/c20-15-6-7-16-13(9-15)8-14(10-24-16)18(23)22-19-17(21-11-25-19)12-4-2-1-3-5-12/h1-7,9,11,14H,8,10H2,(H,22,23)/t14-/m1/s1. The monoisotopic (exact) mass is 354 g/mol. The first kappa shape index (κ1) is 15.8. The molecular formula is C19H15FN2O2S. The van der Waals surface area contributed by atoms with E-state index in [1.54, 1.807) is 11.6 Å². The summed E-state index contributed by atoms with van der Waals surface area (Å²) in [6, 6.07) is 14.1. The van der Waals surface area contributed by atoms with Crippen molar-refractivity contribution in [3.8, 4) is 17.0 Å². The van der Waals surface area contributed by atoms with Crippen LogP contribution in [0.1, 0.15) is 5.56 Å². The Bertz CT molecular complexity index is 911. The van der Waals surface area contributed by atoms with E-state index in [2.05, 4.69) is 10.3 Å². The summed E-state index contributed by atoms with van der Waals surface area (Å²) in [6.45, 7) is 0.282. The number of nitrogens with zero attached hydrogens (tertiary/aromatic N) is 1. The number of hydrogen-bond acceptors (Lipinski definition) is 4. The van der Waals surface area contributed by atoms with E-state index in [-0.39, 0.29) is 24.2 Å². The number of fused-ring (bicyclic) bond motifs is 1. The van der Waals surface area contributed by atoms with Gasteiger partial charge in [0, 0.05) is 5.56 Å². The molecule has 0 radical (unpaired) electrons. The lowest BCUT2D eigenvalue weighted by atomic mass is 9.96. The maximum atomic E-state index is 13.4. The predicted octanol–water partition coefficient (Wildman–Crippen LogP) is 4.14. The van der Waals surface area contributed by atoms with Gasteiger partial charge in [-0.15, -0.1) is 11.3 Å². The smallest absolute Gasteiger partial charge is 0.231 e. The van der Waals surface area contributed by atoms with Crippen LogP contribution in [0.25, 0.3) is 11.3 Å². The van der Waals surface area contributed by atoms with Gasteiger partial charge in [-0.3, -0.25) is 4.79 Å². The second kappa shape index (κ2) is 6.64. The maximum absolute atomic E-state index is 13.4. The Labute approximate surface area is 148 Å². The highest BCUT2D eigenvalue weighted by Gasteiger charge is 2.27. The van der Waals surface area contributed by atoms with E-state index in [1.807, 2.05) is 30.3 Å². The Morgan fingerprint density at radius 3 is 2.92 bits per heavy atom. The van der Waals surface area contributed by atoms with Crippen molar-refractivity contribution in [3.05, 3.63) is 65.4 Å². The highest BCUT2D eigenvalue weighted by atomic mass is 32.1. The van der Waals surface area contributed by atoms with E-state index in [4.69, 9.17) is 4.74 Å². The Morgan fingerprint density at radius 1 is 1.24 bits per heavy atom. The molecule has 0 saturated heterocycles. The molecular weight excluding hydrogens is 339 g/mol. The Hall–Kier alpha value is -2.73. The molecule has 0 bridgehead atoms. The van der Waals surface area contributed by atoms with Gasteiger partial charge in [-0.2, -0.15) is 0 Å². The molecule has 0 saturated carbocycles. The van der Waals surface area contributed by atoms with Crippen LogP contribution in [-0.2, 0) is 11.2 Å². The second-order valence-electron chi connectivity index (χ2n) is 5.85. The minimum atomic E-state index is -0.361. The van der Waals surface area contributed by atoms with Crippen molar-refractivity contribution in [3.63, 3.8) is 0 Å². The molecule has 1 N–H and O–H groups in total. The summed E-state index contributed by atoms with van der Waals surface area (Å²) in [5, 5.41) is 3.66. The van der Waals surface area contributed by atoms with Crippen LogP contribution in [0, 0.1) is 11.7 Å². The minimum absolute atomic E-state index is 0.142. The van der Waals surface area contributed by atoms with Gasteiger partial charge in [0.25, 0.3) is 0 Å². The van der Waals surface area contributed by atoms with Crippen LogP contribution >= 0.6 is 11.3 Å². The zero-order chi connectivity index (χ0) is 17.2. The number of thiazole rings is 1. The lowest BCUT2D eigenvalue weighted by molar-refractivity contribution is -0.121. The highest BCUT2D eigenvalue weighted by Crippen LogP contribution is 2.32. The van der Waals surface area contributed by atoms with Crippen molar-refractivity contribution in [2.24, 2.45) is 5.92 Å². The minimum Gasteiger partial charge on any atom is -0.492 e. The van der Waals surface area contributed by atoms with E-state index in [0.717, 1.165) is 16.8 Å². The van der Waals surface area contributed by atoms with Crippen LogP contribution in [-0.4, -0.2) is 17.5 Å². The number of nitrogens with one attached hydrogen (secondary N) is 1. The fraction of sp³-hybridized carbons (Fsp3) is 0.158. The summed E-state index contributed by atoms with van der Waals surface area (Å²) in [7, 11) is 0. The third-order valence-electron chi connectivity index (χ3n) is 4.15. The predicted molar refractivity (Wildman–Crippen MR) is 95.3 cm³/mol. The zero-order valence-corrected chi connectivity index (χ0v) is 14.1. The van der Waals surface area contributed by atoms with E-state index >= 15 is 0 Å². The van der Waals surface area contributed by atoms with Crippen molar-refractivity contribution in [2.45, 2.75) is 6.42 Å². The van der Waals surface area contributed by atoms with E-state index in [0.29, 0.717) is 17.2 Å². The molecule has 1 atom stereocenters. The van der Waals surface area contributed by atoms with E-state index in [1.165, 1.54) is 23.5 Å². The summed E-state index contributed by atoms with van der Waals surface area (Å²) in [5.74, 6) is -0.179. The Kier molecular flexibility index (Phi) is 4.19. The molecule has 4 nitrogen and oxygen atoms in total. The molecule has 4 rings (SSSR count). The number of hydrogen-bond donors (Lipinski definition) is 1. The largest absolute Gasteiger partial charge is 0.492 e. The number of amides is 1. The first-order chi connectivity index (χ1) is 12.2. The van der Waals surface area contributed by atoms with Crippen molar-refractivity contribution >= 4 is 22.2 Å². The Morgan fingerprint density at radius 2 is 2.08 bits per heavy atom. The molecule has 1 amide bonds. The zero-order valence-electron chi connectivity index (χ0n) is 13.2. The number of benzene rings is 2. The summed E-state index contributed by atoms with van der Waals surface area (Å²) < 4.78 is 19.0. The fourth-order valence-corrected chi connectivity index (χ4v) is 3.59. The van der Waals surface area contributed by atoms with Crippen molar-refractivity contribution in [1.82, 2.24) is 4.98 Å². The fourth-order valence-electron chi connectivity index (χ4n) is 2.88. The molecule has 0 fully saturated rings. The second-order valence-corrected chi connectivity index (χ2v) is 6.70. The van der Waals surface area contributed by atoms with Crippen molar-refractivity contribution in [1.29, 1.82) is 0 Å². The van der Waals surface area contributed by atoms with Gasteiger partial charge in [0.05, 0.1) is 11.4 Å². The number of anilines is 1. The van der Waals surface area contributed by atoms with Crippen LogP contribution in [0.15, 0.2) is 54.0 Å². The summed E-state index contributed by atoms with van der Waals surface area (Å²) in [4.78, 5) is 17.0. The molecule has 2 aromatic carbocycles. The van der Waals surface area contributed by atoms with Gasteiger partial charge >= 0.3 is 0 Å². The lowest BCUT2D eigenvalue weighted by Gasteiger charge is -2.24. The number of ether oxygens (including phenoxy) is 1. The third-order valence-corrected chi connectivity index (χ3v) is 4.89. The first-order valence-corrected chi connectivity index (χ1v) is 8.79. The third kappa shape index (κ3) is 3.25. The molecule has 6 heteroatoms. The molecule has 1 aromatic heterocycles. The van der Waals surface area contributed by atoms with Crippen LogP contribution < -0.4 is 10.1 Å². The van der Waals surface area contributed by atoms with Crippen molar-refractivity contribution in [2.75, 3.05) is 11.9 Å². The average molecular weight is 354 g/mol. The lowest BCUT2D eigenvalue weighted by Crippen LogP contribution is -2.32. The van der Waals surface area contributed by atoms with Gasteiger partial charge < -0.3 is 10.1 Å². The van der Waals surface area contributed by atoms with Crippen LogP contribution in [0.2, 0.25) is 0 Å². The Balaban J connectivity index is 1.51. The van der Waals surface area contributed by atoms with Crippen LogP contribution in [0.3, 0.4) is 0 Å². The number of aromatic nitrogens is 1. The normalized spacial score (nSPS) is 16.0. The van der Waals surface area contributed by atoms with Crippen molar-refractivity contribution < 1.29 is 13.9 Å². The van der Waals surface area contributed by atoms with E-state index in [9.17, 15) is 9.18 Å². The summed E-state index contributed by atoms with van der Waals surface area (Å²) in [6.07, 6.45) is 0.457. The summed E-state index contributed by atoms with van der Waals surface area (Å²) >= 11 is 1.38. The molecule has 1 aliphatic heterocycles. The topological polar surface area (TPSA) is 51.2 Å². The van der Waals surface area contributed by atoms with Gasteiger partial charge in [-0.25, -0.2) is 9.37 Å². The quantitative estimate of drug-likeness (QED) is 0.769. The summed E-state index contributed by atoms with van der Waals surface area (Å²) in [5.41, 5.74) is 4.13. The molecule has 1 aliphatic rings. The SMILES string of the molecule is O=C(Nc1scnc1-c1ccccc1)[C@H]1COc2ccc(F)cc2C1. The molecule has 0 unspecified atom stereocenters. The highest BCUT2D eigenvalue weighted by molar-refractivity contribution is 7.14. The van der Waals surface area contributed by atoms with E-state index < -0.39 is 0 Å². The average Bonchev–Trinajstić information content (AvgIpc) is 3.10. The molecule has 25 heavy (non-hydrogen) atoms. The number of carbonyl (C=O) groups is 1. The first-order valence-electron chi connectivity index (χ1n) is 7.91. The maximum Gasteiger partial charge on any atom is 0.231 e. The van der Waals surface area contributed by atoms with Gasteiger partial charge in [-0.1, -0.05) is 30.3 Å². The molecule has 0 spiro atoms. The number of rotatable bonds is 3. The van der Waals surface area contributed by atoms with Gasteiger partial charge in [-0.05, 0) is 30.2 Å². The molecule has 126 valence electrons. The molecule has 3 aromatic rings. The number of carbonyl (C=O) groups excluding carboxylic acids is 1. The van der Waals surface area contributed by atoms with Crippen LogP contribution in [0.5, 0.6) is 5.75 Å². The van der Waals surface area contributed by atoms with Gasteiger partial charge in [0.15, 0.2) is 0 Å².